The third-order valence-corrected chi connectivity index (χ3v) is 3.10. The summed E-state index contributed by atoms with van der Waals surface area (Å²) in [5, 5.41) is 3.12. The molecule has 0 atom stereocenters. The summed E-state index contributed by atoms with van der Waals surface area (Å²) >= 11 is 0. The second kappa shape index (κ2) is 7.74. The molecule has 104 valence electrons. The average molecular weight is 260 g/mol. The fourth-order valence-electron chi connectivity index (χ4n) is 2.03. The molecule has 0 spiro atoms. The van der Waals surface area contributed by atoms with Gasteiger partial charge in [-0.05, 0) is 45.5 Å². The summed E-state index contributed by atoms with van der Waals surface area (Å²) in [6.45, 7) is 9.23. The van der Waals surface area contributed by atoms with E-state index in [0.717, 1.165) is 24.1 Å². The van der Waals surface area contributed by atoms with Crippen molar-refractivity contribution in [2.24, 2.45) is 0 Å². The Hall–Kier alpha value is -1.61. The number of carbonyl (C=O) groups excluding carboxylic acids is 1. The highest BCUT2D eigenvalue weighted by Gasteiger charge is 2.19. The fourth-order valence-corrected chi connectivity index (χ4v) is 2.03. The van der Waals surface area contributed by atoms with Gasteiger partial charge in [-0.25, -0.2) is 0 Å². The van der Waals surface area contributed by atoms with E-state index in [-0.39, 0.29) is 11.9 Å². The molecule has 0 radical (unpaired) electrons. The van der Waals surface area contributed by atoms with Crippen LogP contribution in [0.4, 0.5) is 0 Å². The van der Waals surface area contributed by atoms with Gasteiger partial charge in [0.1, 0.15) is 0 Å². The first-order valence-corrected chi connectivity index (χ1v) is 6.76. The van der Waals surface area contributed by atoms with Crippen molar-refractivity contribution in [1.29, 1.82) is 0 Å². The smallest absolute Gasteiger partial charge is 0.254 e. The summed E-state index contributed by atoms with van der Waals surface area (Å²) in [5.41, 5.74) is 1.89. The summed E-state index contributed by atoms with van der Waals surface area (Å²) < 4.78 is 0. The van der Waals surface area contributed by atoms with E-state index >= 15 is 0 Å². The maximum Gasteiger partial charge on any atom is 0.254 e. The van der Waals surface area contributed by atoms with Crippen molar-refractivity contribution >= 4 is 5.91 Å². The minimum atomic E-state index is 0.0848. The Balaban J connectivity index is 2.99. The van der Waals surface area contributed by atoms with Gasteiger partial charge in [-0.3, -0.25) is 4.79 Å². The highest BCUT2D eigenvalue weighted by atomic mass is 16.2. The number of carbonyl (C=O) groups is 1. The van der Waals surface area contributed by atoms with Gasteiger partial charge in [-0.1, -0.05) is 24.3 Å². The highest BCUT2D eigenvalue weighted by molar-refractivity contribution is 5.96. The molecule has 0 aliphatic heterocycles. The molecule has 1 N–H and O–H groups in total. The number of nitrogens with one attached hydrogen (secondary N) is 1. The van der Waals surface area contributed by atoms with Gasteiger partial charge >= 0.3 is 0 Å². The Morgan fingerprint density at radius 1 is 1.42 bits per heavy atom. The Morgan fingerprint density at radius 2 is 2.11 bits per heavy atom. The average Bonchev–Trinajstić information content (AvgIpc) is 2.41. The van der Waals surface area contributed by atoms with Gasteiger partial charge in [0.25, 0.3) is 5.91 Å². The molecule has 0 saturated carbocycles. The van der Waals surface area contributed by atoms with Crippen molar-refractivity contribution in [2.45, 2.75) is 26.3 Å². The lowest BCUT2D eigenvalue weighted by Crippen LogP contribution is -2.37. The monoisotopic (exact) mass is 260 g/mol. The molecule has 0 unspecified atom stereocenters. The normalized spacial score (nSPS) is 10.5. The van der Waals surface area contributed by atoms with Gasteiger partial charge < -0.3 is 10.2 Å². The zero-order chi connectivity index (χ0) is 14.3. The SMILES string of the molecule is C=CCN(C(=O)c1ccccc1CCNC)C(C)C. The molecule has 3 nitrogen and oxygen atoms in total. The van der Waals surface area contributed by atoms with Crippen LogP contribution in [0.15, 0.2) is 36.9 Å². The molecule has 1 aromatic carbocycles. The van der Waals surface area contributed by atoms with Crippen LogP contribution in [0.5, 0.6) is 0 Å². The van der Waals surface area contributed by atoms with E-state index < -0.39 is 0 Å². The van der Waals surface area contributed by atoms with Crippen molar-refractivity contribution in [1.82, 2.24) is 10.2 Å². The predicted octanol–water partition coefficient (Wildman–Crippen LogP) is 2.49. The van der Waals surface area contributed by atoms with E-state index in [2.05, 4.69) is 11.9 Å². The van der Waals surface area contributed by atoms with Crippen LogP contribution in [0.1, 0.15) is 29.8 Å². The van der Waals surface area contributed by atoms with Crippen LogP contribution in [0, 0.1) is 0 Å². The maximum atomic E-state index is 12.6. The highest BCUT2D eigenvalue weighted by Crippen LogP contribution is 2.14. The summed E-state index contributed by atoms with van der Waals surface area (Å²) in [6, 6.07) is 8.00. The number of rotatable bonds is 7. The van der Waals surface area contributed by atoms with Crippen molar-refractivity contribution < 1.29 is 4.79 Å². The first-order valence-electron chi connectivity index (χ1n) is 6.76. The largest absolute Gasteiger partial charge is 0.333 e. The quantitative estimate of drug-likeness (QED) is 0.764. The van der Waals surface area contributed by atoms with E-state index in [1.54, 1.807) is 6.08 Å². The van der Waals surface area contributed by atoms with E-state index in [4.69, 9.17) is 0 Å². The van der Waals surface area contributed by atoms with Crippen molar-refractivity contribution in [3.05, 3.63) is 48.0 Å². The summed E-state index contributed by atoms with van der Waals surface area (Å²) in [5.74, 6) is 0.0848. The number of hydrogen-bond donors (Lipinski definition) is 1. The van der Waals surface area contributed by atoms with Gasteiger partial charge in [0.2, 0.25) is 0 Å². The Labute approximate surface area is 116 Å². The van der Waals surface area contributed by atoms with Crippen LogP contribution >= 0.6 is 0 Å². The first-order chi connectivity index (χ1) is 9.11. The molecule has 1 aromatic rings. The van der Waals surface area contributed by atoms with Crippen LogP contribution in [-0.4, -0.2) is 37.0 Å². The molecule has 0 aliphatic rings. The lowest BCUT2D eigenvalue weighted by molar-refractivity contribution is 0.0727. The minimum absolute atomic E-state index is 0.0848. The lowest BCUT2D eigenvalue weighted by Gasteiger charge is -2.26. The van der Waals surface area contributed by atoms with E-state index in [9.17, 15) is 4.79 Å². The van der Waals surface area contributed by atoms with Gasteiger partial charge in [-0.2, -0.15) is 0 Å². The second-order valence-electron chi connectivity index (χ2n) is 4.85. The van der Waals surface area contributed by atoms with Crippen molar-refractivity contribution in [3.63, 3.8) is 0 Å². The zero-order valence-electron chi connectivity index (χ0n) is 12.1. The van der Waals surface area contributed by atoms with E-state index in [1.807, 2.05) is 50.1 Å². The molecular formula is C16H24N2O. The fraction of sp³-hybridized carbons (Fsp3) is 0.438. The Kier molecular flexibility index (Phi) is 6.30. The summed E-state index contributed by atoms with van der Waals surface area (Å²) in [6.07, 6.45) is 2.63. The Morgan fingerprint density at radius 3 is 2.68 bits per heavy atom. The zero-order valence-corrected chi connectivity index (χ0v) is 12.1. The Bertz CT molecular complexity index is 427. The molecule has 0 fully saturated rings. The van der Waals surface area contributed by atoms with Crippen molar-refractivity contribution in [2.75, 3.05) is 20.1 Å². The van der Waals surface area contributed by atoms with Gasteiger partial charge in [0.15, 0.2) is 0 Å². The molecule has 0 aliphatic carbocycles. The molecular weight excluding hydrogens is 236 g/mol. The third kappa shape index (κ3) is 4.21. The molecule has 19 heavy (non-hydrogen) atoms. The topological polar surface area (TPSA) is 32.3 Å². The van der Waals surface area contributed by atoms with Gasteiger partial charge in [-0.15, -0.1) is 6.58 Å². The predicted molar refractivity (Wildman–Crippen MR) is 80.4 cm³/mol. The second-order valence-corrected chi connectivity index (χ2v) is 4.85. The molecule has 3 heteroatoms. The number of likely N-dealkylation sites (N-methyl/N-ethyl adjacent to an activating group) is 1. The first kappa shape index (κ1) is 15.4. The number of nitrogens with zero attached hydrogens (tertiary/aromatic N) is 1. The molecule has 1 rings (SSSR count). The van der Waals surface area contributed by atoms with Gasteiger partial charge in [0, 0.05) is 18.2 Å². The lowest BCUT2D eigenvalue weighted by atomic mass is 10.0. The van der Waals surface area contributed by atoms with Crippen molar-refractivity contribution in [3.8, 4) is 0 Å². The van der Waals surface area contributed by atoms with Gasteiger partial charge in [0.05, 0.1) is 0 Å². The number of benzene rings is 1. The van der Waals surface area contributed by atoms with Crippen LogP contribution in [-0.2, 0) is 6.42 Å². The van der Waals surface area contributed by atoms with Crippen LogP contribution in [0.2, 0.25) is 0 Å². The van der Waals surface area contributed by atoms with Crippen LogP contribution < -0.4 is 5.32 Å². The minimum Gasteiger partial charge on any atom is -0.333 e. The summed E-state index contributed by atoms with van der Waals surface area (Å²) in [7, 11) is 1.92. The molecule has 0 heterocycles. The number of amides is 1. The number of hydrogen-bond acceptors (Lipinski definition) is 2. The third-order valence-electron chi connectivity index (χ3n) is 3.10. The van der Waals surface area contributed by atoms with Crippen LogP contribution in [0.25, 0.3) is 0 Å². The van der Waals surface area contributed by atoms with Crippen LogP contribution in [0.3, 0.4) is 0 Å². The maximum absolute atomic E-state index is 12.6. The van der Waals surface area contributed by atoms with E-state index in [0.29, 0.717) is 6.54 Å². The molecule has 0 aromatic heterocycles. The summed E-state index contributed by atoms with van der Waals surface area (Å²) in [4.78, 5) is 14.5. The molecule has 0 saturated heterocycles. The molecule has 1 amide bonds. The molecule has 0 bridgehead atoms. The standard InChI is InChI=1S/C16H24N2O/c1-5-12-18(13(2)3)16(19)15-9-7-6-8-14(15)10-11-17-4/h5-9,13,17H,1,10-12H2,2-4H3. The van der Waals surface area contributed by atoms with E-state index in [1.165, 1.54) is 0 Å².